The summed E-state index contributed by atoms with van der Waals surface area (Å²) < 4.78 is 26.7. The molecule has 0 bridgehead atoms. The van der Waals surface area contributed by atoms with Gasteiger partial charge in [0.05, 0.1) is 4.90 Å². The topological polar surface area (TPSA) is 73.8 Å². The van der Waals surface area contributed by atoms with Crippen molar-refractivity contribution in [3.63, 3.8) is 0 Å². The number of guanidine groups is 1. The van der Waals surface area contributed by atoms with E-state index in [1.807, 2.05) is 36.4 Å². The highest BCUT2D eigenvalue weighted by atomic mass is 35.5. The number of halogens is 1. The summed E-state index contributed by atoms with van der Waals surface area (Å²) in [6.07, 6.45) is 1.87. The van der Waals surface area contributed by atoms with E-state index in [-0.39, 0.29) is 0 Å². The van der Waals surface area contributed by atoms with Gasteiger partial charge in [0, 0.05) is 38.2 Å². The molecule has 0 amide bonds. The minimum Gasteiger partial charge on any atom is -0.352 e. The van der Waals surface area contributed by atoms with Gasteiger partial charge in [0.1, 0.15) is 0 Å². The van der Waals surface area contributed by atoms with Crippen molar-refractivity contribution < 1.29 is 8.42 Å². The Morgan fingerprint density at radius 2 is 1.46 bits per heavy atom. The molecule has 150 valence electrons. The minimum absolute atomic E-state index is 0.350. The van der Waals surface area contributed by atoms with E-state index in [1.54, 1.807) is 23.5 Å². The number of aliphatic imine (C=N–C) groups is 1. The van der Waals surface area contributed by atoms with Crippen LogP contribution < -0.4 is 10.6 Å². The van der Waals surface area contributed by atoms with Crippen molar-refractivity contribution in [2.75, 3.05) is 20.1 Å². The summed E-state index contributed by atoms with van der Waals surface area (Å²) in [7, 11) is -1.66. The van der Waals surface area contributed by atoms with Crippen LogP contribution in [0.1, 0.15) is 24.0 Å². The number of sulfonamides is 1. The first kappa shape index (κ1) is 20.6. The minimum atomic E-state index is -3.37. The summed E-state index contributed by atoms with van der Waals surface area (Å²) in [6, 6.07) is 14.7. The molecule has 1 saturated heterocycles. The van der Waals surface area contributed by atoms with Crippen LogP contribution in [-0.4, -0.2) is 38.8 Å². The SMILES string of the molecule is CN=C(NCc1ccc(Cl)cc1)NCc1ccc(S(=O)(=O)N2CCCC2)cc1. The quantitative estimate of drug-likeness (QED) is 0.556. The maximum absolute atomic E-state index is 12.6. The molecule has 0 radical (unpaired) electrons. The number of rotatable bonds is 6. The highest BCUT2D eigenvalue weighted by Crippen LogP contribution is 2.21. The van der Waals surface area contributed by atoms with Crippen LogP contribution in [0.3, 0.4) is 0 Å². The van der Waals surface area contributed by atoms with Gasteiger partial charge in [0.15, 0.2) is 5.96 Å². The first-order valence-electron chi connectivity index (χ1n) is 9.27. The Hall–Kier alpha value is -2.09. The average molecular weight is 421 g/mol. The smallest absolute Gasteiger partial charge is 0.243 e. The van der Waals surface area contributed by atoms with Gasteiger partial charge in [-0.2, -0.15) is 4.31 Å². The van der Waals surface area contributed by atoms with Gasteiger partial charge >= 0.3 is 0 Å². The number of hydrogen-bond donors (Lipinski definition) is 2. The van der Waals surface area contributed by atoms with Crippen molar-refractivity contribution in [2.24, 2.45) is 4.99 Å². The molecular weight excluding hydrogens is 396 g/mol. The molecular formula is C20H25ClN4O2S. The zero-order valence-electron chi connectivity index (χ0n) is 15.9. The number of nitrogens with zero attached hydrogens (tertiary/aromatic N) is 2. The molecule has 6 nitrogen and oxygen atoms in total. The van der Waals surface area contributed by atoms with Gasteiger partial charge < -0.3 is 10.6 Å². The van der Waals surface area contributed by atoms with Crippen molar-refractivity contribution in [3.8, 4) is 0 Å². The highest BCUT2D eigenvalue weighted by molar-refractivity contribution is 7.89. The summed E-state index contributed by atoms with van der Waals surface area (Å²) in [4.78, 5) is 4.56. The van der Waals surface area contributed by atoms with Crippen molar-refractivity contribution in [3.05, 3.63) is 64.7 Å². The van der Waals surface area contributed by atoms with Gasteiger partial charge in [0.2, 0.25) is 10.0 Å². The van der Waals surface area contributed by atoms with Gasteiger partial charge in [-0.15, -0.1) is 0 Å². The van der Waals surface area contributed by atoms with Gasteiger partial charge in [-0.3, -0.25) is 4.99 Å². The summed E-state index contributed by atoms with van der Waals surface area (Å²) in [5, 5.41) is 7.18. The molecule has 1 fully saturated rings. The lowest BCUT2D eigenvalue weighted by Crippen LogP contribution is -2.36. The van der Waals surface area contributed by atoms with E-state index in [4.69, 9.17) is 11.6 Å². The summed E-state index contributed by atoms with van der Waals surface area (Å²) >= 11 is 5.90. The zero-order chi connectivity index (χ0) is 20.0. The fraction of sp³-hybridized carbons (Fsp3) is 0.350. The lowest BCUT2D eigenvalue weighted by molar-refractivity contribution is 0.477. The van der Waals surface area contributed by atoms with Crippen molar-refractivity contribution in [1.29, 1.82) is 0 Å². The number of hydrogen-bond acceptors (Lipinski definition) is 3. The van der Waals surface area contributed by atoms with Gasteiger partial charge in [-0.25, -0.2) is 8.42 Å². The summed E-state index contributed by atoms with van der Waals surface area (Å²) in [5.74, 6) is 0.670. The van der Waals surface area contributed by atoms with Crippen LogP contribution >= 0.6 is 11.6 Å². The Bertz CT molecular complexity index is 906. The molecule has 2 aromatic rings. The molecule has 1 aliphatic heterocycles. The first-order valence-corrected chi connectivity index (χ1v) is 11.1. The fourth-order valence-corrected chi connectivity index (χ4v) is 4.69. The van der Waals surface area contributed by atoms with Crippen molar-refractivity contribution >= 4 is 27.6 Å². The maximum atomic E-state index is 12.6. The van der Waals surface area contributed by atoms with Gasteiger partial charge in [0.25, 0.3) is 0 Å². The van der Waals surface area contributed by atoms with E-state index in [1.165, 1.54) is 0 Å². The number of nitrogens with one attached hydrogen (secondary N) is 2. The summed E-state index contributed by atoms with van der Waals surface area (Å²) in [5.41, 5.74) is 2.08. The van der Waals surface area contributed by atoms with Crippen LogP contribution in [0.2, 0.25) is 5.02 Å². The molecule has 1 heterocycles. The molecule has 0 saturated carbocycles. The van der Waals surface area contributed by atoms with Crippen LogP contribution in [0.25, 0.3) is 0 Å². The molecule has 0 spiro atoms. The van der Waals surface area contributed by atoms with E-state index in [0.717, 1.165) is 24.0 Å². The monoisotopic (exact) mass is 420 g/mol. The van der Waals surface area contributed by atoms with E-state index in [0.29, 0.717) is 42.1 Å². The maximum Gasteiger partial charge on any atom is 0.243 e. The van der Waals surface area contributed by atoms with E-state index >= 15 is 0 Å². The molecule has 2 N–H and O–H groups in total. The Labute approximate surface area is 171 Å². The second-order valence-corrected chi connectivity index (χ2v) is 9.04. The van der Waals surface area contributed by atoms with Crippen LogP contribution in [0, 0.1) is 0 Å². The molecule has 3 rings (SSSR count). The molecule has 1 aliphatic rings. The number of benzene rings is 2. The molecule has 2 aromatic carbocycles. The van der Waals surface area contributed by atoms with Crippen LogP contribution in [0.15, 0.2) is 58.4 Å². The third-order valence-corrected chi connectivity index (χ3v) is 6.85. The van der Waals surface area contributed by atoms with Crippen molar-refractivity contribution in [2.45, 2.75) is 30.8 Å². The second-order valence-electron chi connectivity index (χ2n) is 6.66. The third-order valence-electron chi connectivity index (χ3n) is 4.68. The molecule has 0 aliphatic carbocycles. The Kier molecular flexibility index (Phi) is 6.93. The normalized spacial score (nSPS) is 15.6. The predicted octanol–water partition coefficient (Wildman–Crippen LogP) is 2.99. The second kappa shape index (κ2) is 9.41. The molecule has 0 unspecified atom stereocenters. The molecule has 8 heteroatoms. The highest BCUT2D eigenvalue weighted by Gasteiger charge is 2.26. The molecule has 0 aromatic heterocycles. The van der Waals surface area contributed by atoms with Crippen LogP contribution in [0.5, 0.6) is 0 Å². The largest absolute Gasteiger partial charge is 0.352 e. The van der Waals surface area contributed by atoms with Crippen LogP contribution in [-0.2, 0) is 23.1 Å². The molecule has 28 heavy (non-hydrogen) atoms. The standard InChI is InChI=1S/C20H25ClN4O2S/c1-22-20(23-14-16-4-8-18(21)9-5-16)24-15-17-6-10-19(11-7-17)28(26,27)25-12-2-3-13-25/h4-11H,2-3,12-15H2,1H3,(H2,22,23,24). The van der Waals surface area contributed by atoms with Gasteiger partial charge in [-0.05, 0) is 48.2 Å². The van der Waals surface area contributed by atoms with E-state index in [2.05, 4.69) is 15.6 Å². The predicted molar refractivity (Wildman–Crippen MR) is 113 cm³/mol. The molecule has 0 atom stereocenters. The Morgan fingerprint density at radius 3 is 1.96 bits per heavy atom. The zero-order valence-corrected chi connectivity index (χ0v) is 17.4. The van der Waals surface area contributed by atoms with E-state index < -0.39 is 10.0 Å². The Morgan fingerprint density at radius 1 is 0.964 bits per heavy atom. The van der Waals surface area contributed by atoms with Gasteiger partial charge in [-0.1, -0.05) is 35.9 Å². The fourth-order valence-electron chi connectivity index (χ4n) is 3.05. The lowest BCUT2D eigenvalue weighted by atomic mass is 10.2. The van der Waals surface area contributed by atoms with Crippen molar-refractivity contribution in [1.82, 2.24) is 14.9 Å². The third kappa shape index (κ3) is 5.25. The average Bonchev–Trinajstić information content (AvgIpc) is 3.25. The van der Waals surface area contributed by atoms with Crippen LogP contribution in [0.4, 0.5) is 0 Å². The summed E-state index contributed by atoms with van der Waals surface area (Å²) in [6.45, 7) is 2.40. The van der Waals surface area contributed by atoms with E-state index in [9.17, 15) is 8.42 Å². The first-order chi connectivity index (χ1) is 13.5. The Balaban J connectivity index is 1.54. The lowest BCUT2D eigenvalue weighted by Gasteiger charge is -2.16.